The number of carbonyl (C=O) groups is 3. The van der Waals surface area contributed by atoms with Crippen molar-refractivity contribution < 1.29 is 31.9 Å². The molecule has 2 atom stereocenters. The molecule has 15 heteroatoms. The Morgan fingerprint density at radius 1 is 1.07 bits per heavy atom. The van der Waals surface area contributed by atoms with Crippen LogP contribution in [0.3, 0.4) is 0 Å². The van der Waals surface area contributed by atoms with Crippen LogP contribution in [0, 0.1) is 6.92 Å². The summed E-state index contributed by atoms with van der Waals surface area (Å²) in [7, 11) is 0. The zero-order valence-corrected chi connectivity index (χ0v) is 23.3. The van der Waals surface area contributed by atoms with Gasteiger partial charge in [-0.2, -0.15) is 23.4 Å². The molecule has 1 N–H and O–H groups in total. The minimum Gasteiger partial charge on any atom is -0.326 e. The van der Waals surface area contributed by atoms with Gasteiger partial charge in [-0.25, -0.2) is 18.9 Å². The van der Waals surface area contributed by atoms with Gasteiger partial charge >= 0.3 is 6.18 Å². The van der Waals surface area contributed by atoms with Crippen LogP contribution < -0.4 is 5.32 Å². The van der Waals surface area contributed by atoms with Crippen LogP contribution in [0.2, 0.25) is 0 Å². The molecule has 4 aromatic heterocycles. The third-order valence-electron chi connectivity index (χ3n) is 7.30. The molecule has 6 rings (SSSR count). The van der Waals surface area contributed by atoms with Gasteiger partial charge in [0.1, 0.15) is 36.0 Å². The summed E-state index contributed by atoms with van der Waals surface area (Å²) in [5.74, 6) is -2.25. The molecule has 0 radical (unpaired) electrons. The summed E-state index contributed by atoms with van der Waals surface area (Å²) in [6.07, 6.45) is -3.11. The van der Waals surface area contributed by atoms with Crippen molar-refractivity contribution in [2.75, 3.05) is 11.9 Å². The molecule has 0 saturated carbocycles. The van der Waals surface area contributed by atoms with Crippen molar-refractivity contribution in [3.8, 4) is 11.1 Å². The van der Waals surface area contributed by atoms with E-state index in [4.69, 9.17) is 0 Å². The van der Waals surface area contributed by atoms with E-state index in [-0.39, 0.29) is 23.7 Å². The second-order valence-corrected chi connectivity index (χ2v) is 10.5. The third kappa shape index (κ3) is 5.47. The van der Waals surface area contributed by atoms with E-state index in [0.29, 0.717) is 16.6 Å². The summed E-state index contributed by atoms with van der Waals surface area (Å²) >= 11 is 0. The van der Waals surface area contributed by atoms with Gasteiger partial charge in [-0.3, -0.25) is 19.1 Å². The Balaban J connectivity index is 1.25. The molecule has 5 heterocycles. The van der Waals surface area contributed by atoms with Gasteiger partial charge < -0.3 is 10.2 Å². The Morgan fingerprint density at radius 3 is 2.61 bits per heavy atom. The lowest BCUT2D eigenvalue weighted by atomic mass is 10.0. The Hall–Kier alpha value is -5.21. The number of Topliss-reactive ketones (excluding diaryl/α,β-unsaturated/α-hetero) is 1. The molecule has 0 bridgehead atoms. The van der Waals surface area contributed by atoms with Crippen molar-refractivity contribution in [2.24, 2.45) is 0 Å². The molecule has 2 amide bonds. The highest BCUT2D eigenvalue weighted by Crippen LogP contribution is 2.30. The van der Waals surface area contributed by atoms with Crippen molar-refractivity contribution in [1.29, 1.82) is 0 Å². The number of hydrogen-bond donors (Lipinski definition) is 1. The lowest BCUT2D eigenvalue weighted by molar-refractivity contribution is -0.141. The number of fused-ring (bicyclic) bond motifs is 2. The fourth-order valence-electron chi connectivity index (χ4n) is 5.28. The number of benzene rings is 1. The highest BCUT2D eigenvalue weighted by molar-refractivity contribution is 6.06. The highest BCUT2D eigenvalue weighted by Gasteiger charge is 2.40. The molecule has 0 unspecified atom stereocenters. The number of rotatable bonds is 6. The highest BCUT2D eigenvalue weighted by atomic mass is 19.4. The molecule has 1 aromatic carbocycles. The summed E-state index contributed by atoms with van der Waals surface area (Å²) in [6, 6.07) is 8.77. The van der Waals surface area contributed by atoms with Gasteiger partial charge in [0.15, 0.2) is 11.4 Å². The molecule has 44 heavy (non-hydrogen) atoms. The number of pyridine rings is 1. The minimum absolute atomic E-state index is 0.119. The average Bonchev–Trinajstić information content (AvgIpc) is 3.66. The van der Waals surface area contributed by atoms with E-state index in [2.05, 4.69) is 25.5 Å². The van der Waals surface area contributed by atoms with Gasteiger partial charge in [0.05, 0.1) is 17.8 Å². The molecule has 1 saturated heterocycles. The van der Waals surface area contributed by atoms with Crippen LogP contribution in [-0.4, -0.2) is 70.6 Å². The van der Waals surface area contributed by atoms with Gasteiger partial charge in [-0.1, -0.05) is 12.1 Å². The molecule has 0 spiro atoms. The smallest absolute Gasteiger partial charge is 0.326 e. The van der Waals surface area contributed by atoms with E-state index in [0.717, 1.165) is 33.9 Å². The number of hydrogen-bond acceptors (Lipinski definition) is 7. The Kier molecular flexibility index (Phi) is 7.10. The van der Waals surface area contributed by atoms with Crippen molar-refractivity contribution in [3.05, 3.63) is 71.9 Å². The SMILES string of the molecule is CC(=O)c1nn(CC(=O)N2C[C@H](F)C[C@H]2C(=O)Nc2cccc(C(F)(F)F)n2)c2ccc(-c3cnc4cc(C)nn4c3)cc12. The first-order chi connectivity index (χ1) is 20.9. The monoisotopic (exact) mass is 608 g/mol. The fraction of sp³-hybridized carbons (Fsp3) is 0.276. The van der Waals surface area contributed by atoms with Crippen LogP contribution in [0.4, 0.5) is 23.4 Å². The summed E-state index contributed by atoms with van der Waals surface area (Å²) in [5.41, 5.74) is 2.32. The number of likely N-dealkylation sites (tertiary alicyclic amines) is 1. The van der Waals surface area contributed by atoms with E-state index < -0.39 is 49.0 Å². The summed E-state index contributed by atoms with van der Waals surface area (Å²) < 4.78 is 56.6. The molecule has 1 aliphatic rings. The standard InChI is InChI=1S/C29H24F4N8O3/c1-15-8-25-34-11-18(12-41(25)37-15)17-6-7-21-20(9-17)27(16(2)42)38-40(21)14-26(43)39-13-19(30)10-22(39)28(44)36-24-5-3-4-23(35-24)29(31,32)33/h3-9,11-12,19,22H,10,13-14H2,1-2H3,(H,35,36,44)/t19-,22+/m1/s1. The van der Waals surface area contributed by atoms with Crippen LogP contribution in [0.15, 0.2) is 54.9 Å². The first-order valence-corrected chi connectivity index (χ1v) is 13.5. The molecule has 1 fully saturated rings. The molecular formula is C29H24F4N8O3. The first-order valence-electron chi connectivity index (χ1n) is 13.5. The molecule has 226 valence electrons. The number of alkyl halides is 4. The topological polar surface area (TPSA) is 127 Å². The first kappa shape index (κ1) is 28.9. The number of aromatic nitrogens is 6. The lowest BCUT2D eigenvalue weighted by Crippen LogP contribution is -2.44. The van der Waals surface area contributed by atoms with Crippen LogP contribution >= 0.6 is 0 Å². The van der Waals surface area contributed by atoms with Crippen molar-refractivity contribution in [2.45, 2.75) is 45.2 Å². The van der Waals surface area contributed by atoms with Crippen molar-refractivity contribution in [3.63, 3.8) is 0 Å². The average molecular weight is 609 g/mol. The maximum atomic E-state index is 14.5. The zero-order valence-electron chi connectivity index (χ0n) is 23.3. The second kappa shape index (κ2) is 10.8. The summed E-state index contributed by atoms with van der Waals surface area (Å²) in [6.45, 7) is 2.39. The zero-order chi connectivity index (χ0) is 31.3. The lowest BCUT2D eigenvalue weighted by Gasteiger charge is -2.23. The van der Waals surface area contributed by atoms with E-state index in [9.17, 15) is 31.9 Å². The second-order valence-electron chi connectivity index (χ2n) is 10.5. The van der Waals surface area contributed by atoms with Gasteiger partial charge in [0, 0.05) is 42.8 Å². The van der Waals surface area contributed by atoms with E-state index in [1.54, 1.807) is 35.1 Å². The third-order valence-corrected chi connectivity index (χ3v) is 7.30. The van der Waals surface area contributed by atoms with Gasteiger partial charge in [0.2, 0.25) is 11.8 Å². The number of amides is 2. The Bertz CT molecular complexity index is 1950. The molecular weight excluding hydrogens is 584 g/mol. The number of carbonyl (C=O) groups excluding carboxylic acids is 3. The number of nitrogens with one attached hydrogen (secondary N) is 1. The van der Waals surface area contributed by atoms with Crippen molar-refractivity contribution >= 4 is 40.0 Å². The van der Waals surface area contributed by atoms with E-state index in [1.807, 2.05) is 13.0 Å². The van der Waals surface area contributed by atoms with E-state index in [1.165, 1.54) is 17.7 Å². The maximum Gasteiger partial charge on any atom is 0.433 e. The number of ketones is 1. The number of anilines is 1. The van der Waals surface area contributed by atoms with Crippen LogP contribution in [-0.2, 0) is 22.3 Å². The minimum atomic E-state index is -4.73. The van der Waals surface area contributed by atoms with Gasteiger partial charge in [-0.15, -0.1) is 0 Å². The van der Waals surface area contributed by atoms with Crippen LogP contribution in [0.5, 0.6) is 0 Å². The number of nitrogens with zero attached hydrogens (tertiary/aromatic N) is 7. The maximum absolute atomic E-state index is 14.5. The Labute approximate surface area is 246 Å². The van der Waals surface area contributed by atoms with Gasteiger partial charge in [0.25, 0.3) is 0 Å². The van der Waals surface area contributed by atoms with Crippen LogP contribution in [0.1, 0.15) is 35.2 Å². The predicted molar refractivity (Wildman–Crippen MR) is 149 cm³/mol. The summed E-state index contributed by atoms with van der Waals surface area (Å²) in [4.78, 5) is 47.7. The summed E-state index contributed by atoms with van der Waals surface area (Å²) in [5, 5.41) is 11.5. The Morgan fingerprint density at radius 2 is 1.86 bits per heavy atom. The molecule has 5 aromatic rings. The number of halogens is 4. The largest absolute Gasteiger partial charge is 0.433 e. The molecule has 1 aliphatic heterocycles. The number of aryl methyl sites for hydroxylation is 1. The quantitative estimate of drug-likeness (QED) is 0.226. The van der Waals surface area contributed by atoms with Crippen molar-refractivity contribution in [1.82, 2.24) is 34.3 Å². The van der Waals surface area contributed by atoms with Gasteiger partial charge in [-0.05, 0) is 36.8 Å². The van der Waals surface area contributed by atoms with E-state index >= 15 is 0 Å². The normalized spacial score (nSPS) is 17.0. The van der Waals surface area contributed by atoms with Crippen LogP contribution in [0.25, 0.3) is 27.7 Å². The molecule has 11 nitrogen and oxygen atoms in total. The molecule has 0 aliphatic carbocycles. The predicted octanol–water partition coefficient (Wildman–Crippen LogP) is 4.25. The fourth-order valence-corrected chi connectivity index (χ4v) is 5.28.